The number of aromatic nitrogens is 2. The summed E-state index contributed by atoms with van der Waals surface area (Å²) in [4.78, 5) is 37.9. The SMILES string of the molecule is [C-]#[N+]CC1CN(c2nc(OCC3(CN4CCC(OC)CC4)CC3)nc3c2CCN(c2cccc4c2N(C)CC4)C3)CCN1C(=O)C=C. The molecule has 1 amide bonds. The van der Waals surface area contributed by atoms with Crippen LogP contribution < -0.4 is 19.4 Å². The molecule has 5 aliphatic rings. The van der Waals surface area contributed by atoms with Crippen LogP contribution in [0.1, 0.15) is 42.5 Å². The molecule has 1 saturated carbocycles. The highest BCUT2D eigenvalue weighted by atomic mass is 16.5. The van der Waals surface area contributed by atoms with Gasteiger partial charge in [0.2, 0.25) is 12.5 Å². The molecule has 5 heterocycles. The highest BCUT2D eigenvalue weighted by molar-refractivity contribution is 5.87. The van der Waals surface area contributed by atoms with E-state index in [1.54, 1.807) is 4.90 Å². The van der Waals surface area contributed by atoms with Gasteiger partial charge in [-0.15, -0.1) is 0 Å². The van der Waals surface area contributed by atoms with Crippen molar-refractivity contribution in [3.8, 4) is 6.01 Å². The van der Waals surface area contributed by atoms with Crippen LogP contribution in [0, 0.1) is 12.0 Å². The van der Waals surface area contributed by atoms with E-state index in [2.05, 4.69) is 56.3 Å². The molecular weight excluding hydrogens is 592 g/mol. The van der Waals surface area contributed by atoms with Crippen molar-refractivity contribution in [2.45, 2.75) is 57.2 Å². The van der Waals surface area contributed by atoms with Crippen LogP contribution in [0.4, 0.5) is 17.2 Å². The molecular formula is C36H48N8O3. The smallest absolute Gasteiger partial charge is 0.318 e. The molecule has 2 aromatic rings. The number of carbonyl (C=O) groups excluding carboxylic acids is 1. The molecule has 4 aliphatic heterocycles. The Morgan fingerprint density at radius 1 is 1.11 bits per heavy atom. The molecule has 250 valence electrons. The molecule has 0 spiro atoms. The van der Waals surface area contributed by atoms with E-state index in [0.29, 0.717) is 44.9 Å². The third kappa shape index (κ3) is 6.50. The molecule has 1 unspecified atom stereocenters. The van der Waals surface area contributed by atoms with Crippen LogP contribution in [0.5, 0.6) is 6.01 Å². The molecule has 47 heavy (non-hydrogen) atoms. The van der Waals surface area contributed by atoms with Crippen molar-refractivity contribution >= 4 is 23.1 Å². The summed E-state index contributed by atoms with van der Waals surface area (Å²) in [6.07, 6.45) is 8.11. The summed E-state index contributed by atoms with van der Waals surface area (Å²) in [6.45, 7) is 19.6. The van der Waals surface area contributed by atoms with Gasteiger partial charge in [-0.1, -0.05) is 18.7 Å². The van der Waals surface area contributed by atoms with E-state index in [4.69, 9.17) is 26.0 Å². The molecule has 7 rings (SSSR count). The number of nitrogens with zero attached hydrogens (tertiary/aromatic N) is 8. The number of benzene rings is 1. The van der Waals surface area contributed by atoms with E-state index in [1.807, 2.05) is 7.11 Å². The summed E-state index contributed by atoms with van der Waals surface area (Å²) in [5.74, 6) is 0.774. The average Bonchev–Trinajstić information content (AvgIpc) is 3.77. The molecule has 1 aromatic heterocycles. The summed E-state index contributed by atoms with van der Waals surface area (Å²) in [6, 6.07) is 6.88. The minimum absolute atomic E-state index is 0.121. The first-order valence-corrected chi connectivity index (χ1v) is 17.3. The van der Waals surface area contributed by atoms with E-state index in [1.165, 1.54) is 23.0 Å². The Morgan fingerprint density at radius 3 is 2.68 bits per heavy atom. The van der Waals surface area contributed by atoms with Gasteiger partial charge >= 0.3 is 6.01 Å². The van der Waals surface area contributed by atoms with Gasteiger partial charge in [0.15, 0.2) is 0 Å². The van der Waals surface area contributed by atoms with E-state index in [-0.39, 0.29) is 23.9 Å². The summed E-state index contributed by atoms with van der Waals surface area (Å²) < 4.78 is 12.1. The number of piperazine rings is 1. The predicted octanol–water partition coefficient (Wildman–Crippen LogP) is 3.42. The number of para-hydroxylation sites is 1. The summed E-state index contributed by atoms with van der Waals surface area (Å²) in [5.41, 5.74) is 6.31. The standard InChI is InChI=1S/C36H48N8O3/c1-5-32(45)44-20-19-43(22-27(44)21-37-2)34-29-12-18-42(31-8-6-7-26-9-15-40(3)33(26)31)23-30(29)38-35(39-34)47-25-36(13-14-36)24-41-16-10-28(46-4)11-17-41/h5-8,27-28H,1,9-25H2,3-4H3. The van der Waals surface area contributed by atoms with Crippen LogP contribution in [-0.2, 0) is 28.9 Å². The Balaban J connectivity index is 1.15. The Hall–Kier alpha value is -3.88. The van der Waals surface area contributed by atoms with Crippen molar-refractivity contribution in [2.75, 3.05) is 94.4 Å². The summed E-state index contributed by atoms with van der Waals surface area (Å²) >= 11 is 0. The molecule has 0 radical (unpaired) electrons. The monoisotopic (exact) mass is 640 g/mol. The summed E-state index contributed by atoms with van der Waals surface area (Å²) in [5, 5.41) is 0. The Kier molecular flexibility index (Phi) is 8.99. The first kappa shape index (κ1) is 31.7. The fourth-order valence-electron chi connectivity index (χ4n) is 8.03. The first-order chi connectivity index (χ1) is 22.9. The van der Waals surface area contributed by atoms with Crippen LogP contribution in [0.2, 0.25) is 0 Å². The zero-order chi connectivity index (χ0) is 32.5. The maximum absolute atomic E-state index is 12.6. The number of likely N-dealkylation sites (tertiary alicyclic amines) is 1. The molecule has 11 heteroatoms. The Bertz CT molecular complexity index is 1530. The number of amides is 1. The van der Waals surface area contributed by atoms with Crippen LogP contribution in [-0.4, -0.2) is 117 Å². The van der Waals surface area contributed by atoms with Crippen molar-refractivity contribution in [2.24, 2.45) is 5.41 Å². The normalized spacial score (nSPS) is 22.4. The lowest BCUT2D eigenvalue weighted by Crippen LogP contribution is -2.56. The number of hydrogen-bond donors (Lipinski definition) is 0. The van der Waals surface area contributed by atoms with Gasteiger partial charge in [-0.05, 0) is 56.2 Å². The van der Waals surface area contributed by atoms with Gasteiger partial charge in [0, 0.05) is 77.5 Å². The van der Waals surface area contributed by atoms with Gasteiger partial charge in [0.05, 0.1) is 36.3 Å². The van der Waals surface area contributed by atoms with Crippen molar-refractivity contribution in [1.29, 1.82) is 0 Å². The van der Waals surface area contributed by atoms with Crippen molar-refractivity contribution in [3.63, 3.8) is 0 Å². The molecule has 3 fully saturated rings. The predicted molar refractivity (Wildman–Crippen MR) is 183 cm³/mol. The van der Waals surface area contributed by atoms with Crippen molar-refractivity contribution in [3.05, 3.63) is 59.1 Å². The van der Waals surface area contributed by atoms with Crippen LogP contribution in [0.25, 0.3) is 4.85 Å². The minimum atomic E-state index is -0.221. The molecule has 0 bridgehead atoms. The van der Waals surface area contributed by atoms with Crippen LogP contribution in [0.15, 0.2) is 30.9 Å². The van der Waals surface area contributed by atoms with Crippen LogP contribution in [0.3, 0.4) is 0 Å². The number of ether oxygens (including phenoxy) is 2. The number of fused-ring (bicyclic) bond motifs is 2. The van der Waals surface area contributed by atoms with Gasteiger partial charge in [-0.3, -0.25) is 4.79 Å². The largest absolute Gasteiger partial charge is 0.463 e. The number of hydrogen-bond acceptors (Lipinski definition) is 9. The lowest BCUT2D eigenvalue weighted by molar-refractivity contribution is -0.128. The highest BCUT2D eigenvalue weighted by Crippen LogP contribution is 2.47. The van der Waals surface area contributed by atoms with E-state index in [0.717, 1.165) is 88.3 Å². The van der Waals surface area contributed by atoms with Crippen molar-refractivity contribution < 1.29 is 14.3 Å². The topological polar surface area (TPSA) is 81.9 Å². The number of carbonyl (C=O) groups is 1. The average molecular weight is 641 g/mol. The second-order valence-corrected chi connectivity index (χ2v) is 14.1. The lowest BCUT2D eigenvalue weighted by Gasteiger charge is -2.41. The number of anilines is 3. The first-order valence-electron chi connectivity index (χ1n) is 17.3. The fraction of sp³-hybridized carbons (Fsp3) is 0.611. The molecule has 11 nitrogen and oxygen atoms in total. The fourth-order valence-corrected chi connectivity index (χ4v) is 8.03. The van der Waals surface area contributed by atoms with Gasteiger partial charge in [0.25, 0.3) is 0 Å². The van der Waals surface area contributed by atoms with Crippen LogP contribution >= 0.6 is 0 Å². The van der Waals surface area contributed by atoms with Gasteiger partial charge in [-0.25, -0.2) is 6.57 Å². The van der Waals surface area contributed by atoms with Gasteiger partial charge < -0.3 is 38.8 Å². The van der Waals surface area contributed by atoms with Crippen molar-refractivity contribution in [1.82, 2.24) is 19.8 Å². The third-order valence-electron chi connectivity index (χ3n) is 11.0. The number of piperidine rings is 1. The second-order valence-electron chi connectivity index (χ2n) is 14.1. The molecule has 1 aliphatic carbocycles. The number of likely N-dealkylation sites (N-methyl/N-ethyl adjacent to an activating group) is 1. The quantitative estimate of drug-likeness (QED) is 0.287. The minimum Gasteiger partial charge on any atom is -0.463 e. The maximum Gasteiger partial charge on any atom is 0.318 e. The maximum atomic E-state index is 12.6. The zero-order valence-electron chi connectivity index (χ0n) is 28.0. The van der Waals surface area contributed by atoms with E-state index >= 15 is 0 Å². The molecule has 2 saturated heterocycles. The second kappa shape index (κ2) is 13.3. The molecule has 0 N–H and O–H groups in total. The Morgan fingerprint density at radius 2 is 1.94 bits per heavy atom. The third-order valence-corrected chi connectivity index (χ3v) is 11.0. The summed E-state index contributed by atoms with van der Waals surface area (Å²) in [7, 11) is 4.00. The highest BCUT2D eigenvalue weighted by Gasteiger charge is 2.45. The van der Waals surface area contributed by atoms with Gasteiger partial charge in [0.1, 0.15) is 11.9 Å². The lowest BCUT2D eigenvalue weighted by atomic mass is 10.0. The molecule has 1 aromatic carbocycles. The number of rotatable bonds is 10. The van der Waals surface area contributed by atoms with Gasteiger partial charge in [-0.2, -0.15) is 9.97 Å². The zero-order valence-corrected chi connectivity index (χ0v) is 28.0. The Labute approximate surface area is 278 Å². The molecule has 1 atom stereocenters. The van der Waals surface area contributed by atoms with E-state index in [9.17, 15) is 4.79 Å². The van der Waals surface area contributed by atoms with E-state index < -0.39 is 0 Å². The number of methoxy groups -OCH3 is 1.